The average Bonchev–Trinajstić information content (AvgIpc) is 2.99. The second kappa shape index (κ2) is 8.00. The molecule has 0 unspecified atom stereocenters. The monoisotopic (exact) mass is 358 g/mol. The largest absolute Gasteiger partial charge is 0.494 e. The maximum Gasteiger partial charge on any atom is 0.233 e. The summed E-state index contributed by atoms with van der Waals surface area (Å²) >= 11 is 1.69. The quantitative estimate of drug-likeness (QED) is 0.768. The number of para-hydroxylation sites is 1. The first kappa shape index (κ1) is 17.9. The molecule has 25 heavy (non-hydrogen) atoms. The summed E-state index contributed by atoms with van der Waals surface area (Å²) in [4.78, 5) is 21.1. The Morgan fingerprint density at radius 1 is 1.28 bits per heavy atom. The van der Waals surface area contributed by atoms with E-state index >= 15 is 0 Å². The number of benzene rings is 1. The number of amides is 1. The Hall–Kier alpha value is -1.88. The molecule has 1 aliphatic rings. The van der Waals surface area contributed by atoms with E-state index in [-0.39, 0.29) is 11.9 Å². The summed E-state index contributed by atoms with van der Waals surface area (Å²) in [6.45, 7) is 6.65. The van der Waals surface area contributed by atoms with Gasteiger partial charge in [0.15, 0.2) is 5.13 Å². The van der Waals surface area contributed by atoms with Crippen molar-refractivity contribution in [1.82, 2.24) is 4.98 Å². The predicted molar refractivity (Wildman–Crippen MR) is 103 cm³/mol. The smallest absolute Gasteiger partial charge is 0.233 e. The Labute approximate surface area is 153 Å². The maximum absolute atomic E-state index is 13.1. The number of carbonyl (C=O) groups is 1. The first-order valence-corrected chi connectivity index (χ1v) is 9.93. The molecule has 1 aromatic carbocycles. The van der Waals surface area contributed by atoms with Crippen LogP contribution in [0.15, 0.2) is 24.3 Å². The third kappa shape index (κ3) is 4.03. The van der Waals surface area contributed by atoms with Gasteiger partial charge in [0.05, 0.1) is 18.7 Å². The van der Waals surface area contributed by atoms with Crippen molar-refractivity contribution in [3.05, 3.63) is 40.4 Å². The number of aryl methyl sites for hydroxylation is 2. The summed E-state index contributed by atoms with van der Waals surface area (Å²) in [5.41, 5.74) is 2.13. The van der Waals surface area contributed by atoms with Crippen LogP contribution in [0.25, 0.3) is 0 Å². The number of carbonyl (C=O) groups excluding carboxylic acids is 1. The highest BCUT2D eigenvalue weighted by Crippen LogP contribution is 2.33. The Bertz CT molecular complexity index is 716. The van der Waals surface area contributed by atoms with Gasteiger partial charge in [0.25, 0.3) is 0 Å². The molecule has 1 amide bonds. The van der Waals surface area contributed by atoms with Gasteiger partial charge in [0.1, 0.15) is 5.75 Å². The van der Waals surface area contributed by atoms with Gasteiger partial charge >= 0.3 is 0 Å². The minimum atomic E-state index is 0.0771. The van der Waals surface area contributed by atoms with Crippen LogP contribution in [0, 0.1) is 0 Å². The highest BCUT2D eigenvalue weighted by atomic mass is 32.1. The summed E-state index contributed by atoms with van der Waals surface area (Å²) in [5.74, 6) is 0.869. The SMILES string of the molecule is CCOc1ccccc1CC(=O)N(c1nc2c(s1)CCCC2)C(C)C. The van der Waals surface area contributed by atoms with Crippen LogP contribution in [0.3, 0.4) is 0 Å². The topological polar surface area (TPSA) is 42.4 Å². The number of nitrogens with zero attached hydrogens (tertiary/aromatic N) is 2. The Kier molecular flexibility index (Phi) is 5.74. The molecule has 0 N–H and O–H groups in total. The van der Waals surface area contributed by atoms with E-state index in [1.807, 2.05) is 49.9 Å². The fourth-order valence-corrected chi connectivity index (χ4v) is 4.55. The summed E-state index contributed by atoms with van der Waals surface area (Å²) in [6, 6.07) is 7.86. The lowest BCUT2D eigenvalue weighted by Gasteiger charge is -2.24. The number of ether oxygens (including phenoxy) is 1. The maximum atomic E-state index is 13.1. The van der Waals surface area contributed by atoms with Crippen molar-refractivity contribution in [1.29, 1.82) is 0 Å². The first-order valence-electron chi connectivity index (χ1n) is 9.11. The summed E-state index contributed by atoms with van der Waals surface area (Å²) < 4.78 is 5.67. The molecular weight excluding hydrogens is 332 g/mol. The van der Waals surface area contributed by atoms with Gasteiger partial charge in [-0.05, 0) is 52.5 Å². The van der Waals surface area contributed by atoms with Crippen molar-refractivity contribution in [2.75, 3.05) is 11.5 Å². The molecule has 0 radical (unpaired) electrons. The number of aromatic nitrogens is 1. The zero-order chi connectivity index (χ0) is 17.8. The van der Waals surface area contributed by atoms with Crippen LogP contribution in [0.4, 0.5) is 5.13 Å². The third-order valence-electron chi connectivity index (χ3n) is 4.44. The van der Waals surface area contributed by atoms with Gasteiger partial charge in [0.2, 0.25) is 5.91 Å². The standard InChI is InChI=1S/C20H26N2O2S/c1-4-24-17-11-7-5-9-15(17)13-19(23)22(14(2)3)20-21-16-10-6-8-12-18(16)25-20/h5,7,9,11,14H,4,6,8,10,12-13H2,1-3H3. The van der Waals surface area contributed by atoms with E-state index in [1.54, 1.807) is 11.3 Å². The third-order valence-corrected chi connectivity index (χ3v) is 5.60. The van der Waals surface area contributed by atoms with E-state index in [9.17, 15) is 4.79 Å². The van der Waals surface area contributed by atoms with Crippen molar-refractivity contribution in [3.8, 4) is 5.75 Å². The van der Waals surface area contributed by atoms with Crippen LogP contribution >= 0.6 is 11.3 Å². The van der Waals surface area contributed by atoms with Crippen LogP contribution in [0.1, 0.15) is 49.7 Å². The molecule has 0 aliphatic heterocycles. The predicted octanol–water partition coefficient (Wildman–Crippen LogP) is 4.40. The zero-order valence-corrected chi connectivity index (χ0v) is 16.1. The summed E-state index contributed by atoms with van der Waals surface area (Å²) in [5, 5.41) is 0.848. The molecule has 0 saturated heterocycles. The Morgan fingerprint density at radius 2 is 2.04 bits per heavy atom. The molecule has 0 saturated carbocycles. The number of anilines is 1. The Morgan fingerprint density at radius 3 is 2.76 bits per heavy atom. The van der Waals surface area contributed by atoms with Crippen molar-refractivity contribution in [3.63, 3.8) is 0 Å². The number of hydrogen-bond donors (Lipinski definition) is 0. The summed E-state index contributed by atoms with van der Waals surface area (Å²) in [7, 11) is 0. The molecule has 1 aliphatic carbocycles. The normalized spacial score (nSPS) is 13.6. The molecule has 0 bridgehead atoms. The van der Waals surface area contributed by atoms with E-state index in [1.165, 1.54) is 23.4 Å². The molecule has 1 aromatic heterocycles. The molecule has 1 heterocycles. The molecule has 3 rings (SSSR count). The fourth-order valence-electron chi connectivity index (χ4n) is 3.25. The molecule has 5 heteroatoms. The van der Waals surface area contributed by atoms with Crippen molar-refractivity contribution >= 4 is 22.4 Å². The van der Waals surface area contributed by atoms with Gasteiger partial charge in [-0.2, -0.15) is 0 Å². The van der Waals surface area contributed by atoms with E-state index in [0.717, 1.165) is 29.3 Å². The number of hydrogen-bond acceptors (Lipinski definition) is 4. The van der Waals surface area contributed by atoms with E-state index < -0.39 is 0 Å². The molecule has 0 atom stereocenters. The van der Waals surface area contributed by atoms with Gasteiger partial charge in [-0.15, -0.1) is 11.3 Å². The van der Waals surface area contributed by atoms with E-state index in [2.05, 4.69) is 0 Å². The van der Waals surface area contributed by atoms with Gasteiger partial charge in [0, 0.05) is 16.5 Å². The number of fused-ring (bicyclic) bond motifs is 1. The molecule has 0 fully saturated rings. The van der Waals surface area contributed by atoms with Crippen molar-refractivity contribution < 1.29 is 9.53 Å². The minimum absolute atomic E-state index is 0.0771. The lowest BCUT2D eigenvalue weighted by Crippen LogP contribution is -2.38. The van der Waals surface area contributed by atoms with Crippen LogP contribution in [-0.4, -0.2) is 23.5 Å². The molecule has 4 nitrogen and oxygen atoms in total. The molecular formula is C20H26N2O2S. The number of thiazole rings is 1. The highest BCUT2D eigenvalue weighted by Gasteiger charge is 2.26. The number of rotatable bonds is 6. The van der Waals surface area contributed by atoms with Crippen LogP contribution in [0.5, 0.6) is 5.75 Å². The van der Waals surface area contributed by atoms with Gasteiger partial charge in [-0.3, -0.25) is 9.69 Å². The van der Waals surface area contributed by atoms with Crippen molar-refractivity contribution in [2.24, 2.45) is 0 Å². The molecule has 2 aromatic rings. The molecule has 0 spiro atoms. The highest BCUT2D eigenvalue weighted by molar-refractivity contribution is 7.16. The minimum Gasteiger partial charge on any atom is -0.494 e. The Balaban J connectivity index is 1.83. The van der Waals surface area contributed by atoms with E-state index in [4.69, 9.17) is 9.72 Å². The van der Waals surface area contributed by atoms with Gasteiger partial charge < -0.3 is 4.74 Å². The van der Waals surface area contributed by atoms with Gasteiger partial charge in [-0.1, -0.05) is 18.2 Å². The van der Waals surface area contributed by atoms with Crippen molar-refractivity contribution in [2.45, 2.75) is 58.9 Å². The molecule has 134 valence electrons. The lowest BCUT2D eigenvalue weighted by molar-refractivity contribution is -0.118. The average molecular weight is 359 g/mol. The first-order chi connectivity index (χ1) is 12.1. The fraction of sp³-hybridized carbons (Fsp3) is 0.500. The van der Waals surface area contributed by atoms with E-state index in [0.29, 0.717) is 13.0 Å². The van der Waals surface area contributed by atoms with Crippen LogP contribution in [0.2, 0.25) is 0 Å². The second-order valence-corrected chi connectivity index (χ2v) is 7.71. The zero-order valence-electron chi connectivity index (χ0n) is 15.2. The second-order valence-electron chi connectivity index (χ2n) is 6.65. The lowest BCUT2D eigenvalue weighted by atomic mass is 10.0. The van der Waals surface area contributed by atoms with Crippen LogP contribution in [-0.2, 0) is 24.1 Å². The van der Waals surface area contributed by atoms with Gasteiger partial charge in [-0.25, -0.2) is 4.98 Å². The van der Waals surface area contributed by atoms with Crippen LogP contribution < -0.4 is 9.64 Å². The summed E-state index contributed by atoms with van der Waals surface area (Å²) in [6.07, 6.45) is 4.90.